The molecule has 0 atom stereocenters. The zero-order chi connectivity index (χ0) is 22.0. The highest BCUT2D eigenvalue weighted by Crippen LogP contribution is 2.27. The summed E-state index contributed by atoms with van der Waals surface area (Å²) in [5, 5.41) is 7.74. The molecule has 0 aliphatic rings. The number of hydrogen-bond donors (Lipinski definition) is 1. The van der Waals surface area contributed by atoms with E-state index in [1.54, 1.807) is 42.1 Å². The highest BCUT2D eigenvalue weighted by molar-refractivity contribution is 7.91. The zero-order valence-corrected chi connectivity index (χ0v) is 18.1. The Morgan fingerprint density at radius 1 is 1.03 bits per heavy atom. The topological polar surface area (TPSA) is 94.0 Å². The van der Waals surface area contributed by atoms with Gasteiger partial charge in [0.05, 0.1) is 39.2 Å². The van der Waals surface area contributed by atoms with Crippen molar-refractivity contribution in [3.8, 4) is 11.3 Å². The Morgan fingerprint density at radius 3 is 2.45 bits per heavy atom. The molecule has 0 unspecified atom stereocenters. The van der Waals surface area contributed by atoms with Gasteiger partial charge in [0.25, 0.3) is 5.91 Å². The lowest BCUT2D eigenvalue weighted by Crippen LogP contribution is -2.16. The molecule has 0 saturated heterocycles. The number of rotatable bonds is 6. The second-order valence-corrected chi connectivity index (χ2v) is 9.22. The maximum absolute atomic E-state index is 13.3. The molecule has 0 fully saturated rings. The minimum Gasteiger partial charge on any atom is -0.321 e. The summed E-state index contributed by atoms with van der Waals surface area (Å²) in [7, 11) is -3.49. The van der Waals surface area contributed by atoms with Crippen LogP contribution in [0.3, 0.4) is 0 Å². The summed E-state index contributed by atoms with van der Waals surface area (Å²) in [6.45, 7) is 4.13. The number of nitrogens with zero attached hydrogens (tertiary/aromatic N) is 3. The number of carbonyl (C=O) groups excluding carboxylic acids is 1. The largest absolute Gasteiger partial charge is 0.321 e. The molecule has 0 radical (unpaired) electrons. The Kier molecular flexibility index (Phi) is 5.56. The molecule has 0 aliphatic carbocycles. The van der Waals surface area contributed by atoms with E-state index in [1.165, 1.54) is 6.07 Å². The molecule has 4 aromatic rings. The van der Waals surface area contributed by atoms with Crippen molar-refractivity contribution in [2.45, 2.75) is 25.3 Å². The maximum atomic E-state index is 13.3. The number of aryl methyl sites for hydroxylation is 1. The SMILES string of the molecule is CCn1ncc2c(C(=O)Nc3ccccc3S(=O)(=O)CC)cc(-c3ccccc3)nc21. The average molecular weight is 435 g/mol. The molecule has 1 N–H and O–H groups in total. The molecule has 2 heterocycles. The molecular formula is C23H22N4O3S. The summed E-state index contributed by atoms with van der Waals surface area (Å²) in [4.78, 5) is 18.1. The highest BCUT2D eigenvalue weighted by Gasteiger charge is 2.21. The van der Waals surface area contributed by atoms with E-state index in [4.69, 9.17) is 4.98 Å². The molecule has 31 heavy (non-hydrogen) atoms. The van der Waals surface area contributed by atoms with Crippen molar-refractivity contribution in [3.63, 3.8) is 0 Å². The minimum absolute atomic E-state index is 0.0547. The van der Waals surface area contributed by atoms with Gasteiger partial charge in [-0.2, -0.15) is 5.10 Å². The van der Waals surface area contributed by atoms with E-state index in [0.717, 1.165) is 5.56 Å². The molecular weight excluding hydrogens is 412 g/mol. The average Bonchev–Trinajstić information content (AvgIpc) is 3.22. The van der Waals surface area contributed by atoms with E-state index in [9.17, 15) is 13.2 Å². The molecule has 0 bridgehead atoms. The fourth-order valence-corrected chi connectivity index (χ4v) is 4.46. The van der Waals surface area contributed by atoms with Crippen LogP contribution in [0, 0.1) is 0 Å². The van der Waals surface area contributed by atoms with Gasteiger partial charge < -0.3 is 5.32 Å². The molecule has 0 aliphatic heterocycles. The Morgan fingerprint density at radius 2 is 1.74 bits per heavy atom. The highest BCUT2D eigenvalue weighted by atomic mass is 32.2. The third-order valence-corrected chi connectivity index (χ3v) is 6.86. The quantitative estimate of drug-likeness (QED) is 0.492. The van der Waals surface area contributed by atoms with Crippen molar-refractivity contribution < 1.29 is 13.2 Å². The van der Waals surface area contributed by atoms with Crippen molar-refractivity contribution in [3.05, 3.63) is 72.4 Å². The molecule has 2 aromatic heterocycles. The Bertz CT molecular complexity index is 1360. The van der Waals surface area contributed by atoms with Crippen molar-refractivity contribution in [2.75, 3.05) is 11.1 Å². The van der Waals surface area contributed by atoms with Crippen LogP contribution in [-0.2, 0) is 16.4 Å². The molecule has 2 aromatic carbocycles. The molecule has 1 amide bonds. The van der Waals surface area contributed by atoms with Crippen LogP contribution in [0.15, 0.2) is 71.8 Å². The van der Waals surface area contributed by atoms with Gasteiger partial charge in [0.1, 0.15) is 0 Å². The Balaban J connectivity index is 1.83. The summed E-state index contributed by atoms with van der Waals surface area (Å²) < 4.78 is 26.6. The van der Waals surface area contributed by atoms with Crippen LogP contribution in [0.4, 0.5) is 5.69 Å². The van der Waals surface area contributed by atoms with E-state index in [1.807, 2.05) is 37.3 Å². The van der Waals surface area contributed by atoms with Gasteiger partial charge >= 0.3 is 0 Å². The number of carbonyl (C=O) groups is 1. The lowest BCUT2D eigenvalue weighted by molar-refractivity contribution is 0.102. The first-order valence-electron chi connectivity index (χ1n) is 9.99. The smallest absolute Gasteiger partial charge is 0.256 e. The number of fused-ring (bicyclic) bond motifs is 1. The van der Waals surface area contributed by atoms with Crippen molar-refractivity contribution in [1.82, 2.24) is 14.8 Å². The van der Waals surface area contributed by atoms with E-state index in [2.05, 4.69) is 10.4 Å². The number of aromatic nitrogens is 3. The fourth-order valence-electron chi connectivity index (χ4n) is 3.41. The van der Waals surface area contributed by atoms with E-state index < -0.39 is 15.7 Å². The zero-order valence-electron chi connectivity index (χ0n) is 17.2. The van der Waals surface area contributed by atoms with Gasteiger partial charge in [-0.3, -0.25) is 4.79 Å². The van der Waals surface area contributed by atoms with Gasteiger partial charge in [0.2, 0.25) is 0 Å². The third-order valence-electron chi connectivity index (χ3n) is 5.07. The van der Waals surface area contributed by atoms with Crippen LogP contribution < -0.4 is 5.32 Å². The Hall–Kier alpha value is -3.52. The monoisotopic (exact) mass is 434 g/mol. The van der Waals surface area contributed by atoms with Crippen molar-refractivity contribution >= 4 is 32.5 Å². The summed E-state index contributed by atoms with van der Waals surface area (Å²) in [6.07, 6.45) is 1.62. The molecule has 7 nitrogen and oxygen atoms in total. The number of benzene rings is 2. The van der Waals surface area contributed by atoms with Gasteiger partial charge in [-0.25, -0.2) is 18.1 Å². The second kappa shape index (κ2) is 8.31. The van der Waals surface area contributed by atoms with Gasteiger partial charge in [-0.15, -0.1) is 0 Å². The molecule has 4 rings (SSSR count). The lowest BCUT2D eigenvalue weighted by atomic mass is 10.1. The van der Waals surface area contributed by atoms with Crippen LogP contribution >= 0.6 is 0 Å². The van der Waals surface area contributed by atoms with Crippen molar-refractivity contribution in [1.29, 1.82) is 0 Å². The first-order chi connectivity index (χ1) is 14.9. The number of sulfone groups is 1. The van der Waals surface area contributed by atoms with Gasteiger partial charge in [-0.1, -0.05) is 49.4 Å². The molecule has 158 valence electrons. The molecule has 0 spiro atoms. The summed E-state index contributed by atoms with van der Waals surface area (Å²) in [6, 6.07) is 17.7. The standard InChI is InChI=1S/C23H22N4O3S/c1-3-27-22-18(15-24-27)17(14-20(25-22)16-10-6-5-7-11-16)23(28)26-19-12-8-9-13-21(19)31(29,30)4-2/h5-15H,3-4H2,1-2H3,(H,26,28). The first kappa shape index (κ1) is 20.7. The maximum Gasteiger partial charge on any atom is 0.256 e. The molecule has 0 saturated carbocycles. The fraction of sp³-hybridized carbons (Fsp3) is 0.174. The number of anilines is 1. The number of para-hydroxylation sites is 1. The van der Waals surface area contributed by atoms with Crippen LogP contribution in [0.25, 0.3) is 22.3 Å². The van der Waals surface area contributed by atoms with Gasteiger partial charge in [-0.05, 0) is 25.1 Å². The number of hydrogen-bond acceptors (Lipinski definition) is 5. The number of amides is 1. The van der Waals surface area contributed by atoms with E-state index in [-0.39, 0.29) is 16.3 Å². The van der Waals surface area contributed by atoms with Crippen LogP contribution in [-0.4, -0.2) is 34.8 Å². The summed E-state index contributed by atoms with van der Waals surface area (Å²) in [5.41, 5.74) is 2.75. The van der Waals surface area contributed by atoms with Crippen LogP contribution in [0.5, 0.6) is 0 Å². The summed E-state index contributed by atoms with van der Waals surface area (Å²) >= 11 is 0. The van der Waals surface area contributed by atoms with Gasteiger partial charge in [0, 0.05) is 12.1 Å². The number of nitrogens with one attached hydrogen (secondary N) is 1. The number of pyridine rings is 1. The Labute approximate surface area is 180 Å². The summed E-state index contributed by atoms with van der Waals surface area (Å²) in [5.74, 6) is -0.472. The van der Waals surface area contributed by atoms with E-state index in [0.29, 0.717) is 28.8 Å². The third kappa shape index (κ3) is 3.94. The van der Waals surface area contributed by atoms with Crippen LogP contribution in [0.2, 0.25) is 0 Å². The second-order valence-electron chi connectivity index (χ2n) is 6.97. The predicted molar refractivity (Wildman–Crippen MR) is 121 cm³/mol. The van der Waals surface area contributed by atoms with Crippen LogP contribution in [0.1, 0.15) is 24.2 Å². The first-order valence-corrected chi connectivity index (χ1v) is 11.6. The van der Waals surface area contributed by atoms with E-state index >= 15 is 0 Å². The van der Waals surface area contributed by atoms with Crippen molar-refractivity contribution in [2.24, 2.45) is 0 Å². The lowest BCUT2D eigenvalue weighted by Gasteiger charge is -2.12. The minimum atomic E-state index is -3.49. The van der Waals surface area contributed by atoms with Gasteiger partial charge in [0.15, 0.2) is 15.5 Å². The molecule has 8 heteroatoms. The normalized spacial score (nSPS) is 11.5. The predicted octanol–water partition coefficient (Wildman–Crippen LogP) is 4.16.